The first kappa shape index (κ1) is 26.7. The predicted octanol–water partition coefficient (Wildman–Crippen LogP) is 12.7. The molecule has 9 aromatic rings. The largest absolute Gasteiger partial charge is 0.309 e. The van der Waals surface area contributed by atoms with Crippen molar-refractivity contribution in [3.8, 4) is 48.8 Å². The lowest BCUT2D eigenvalue weighted by Crippen LogP contribution is -1.96. The van der Waals surface area contributed by atoms with Crippen LogP contribution in [0.15, 0.2) is 176 Å². The molecule has 0 atom stereocenters. The van der Waals surface area contributed by atoms with E-state index in [1.165, 1.54) is 75.7 Å². The summed E-state index contributed by atoms with van der Waals surface area (Å²) in [4.78, 5) is 2.59. The summed E-state index contributed by atoms with van der Waals surface area (Å²) in [5.41, 5.74) is 11.1. The summed E-state index contributed by atoms with van der Waals surface area (Å²) in [6.07, 6.45) is 0. The van der Waals surface area contributed by atoms with Crippen molar-refractivity contribution in [1.82, 2.24) is 4.57 Å². The third-order valence-electron chi connectivity index (χ3n) is 9.04. The van der Waals surface area contributed by atoms with E-state index in [9.17, 15) is 0 Å². The third kappa shape index (κ3) is 4.30. The molecule has 0 saturated carbocycles. The zero-order valence-electron chi connectivity index (χ0n) is 25.1. The van der Waals surface area contributed by atoms with Crippen molar-refractivity contribution in [1.29, 1.82) is 0 Å². The Morgan fingerprint density at radius 3 is 1.57 bits per heavy atom. The zero-order chi connectivity index (χ0) is 30.5. The first-order valence-electron chi connectivity index (χ1n) is 15.7. The minimum atomic E-state index is 1.16. The van der Waals surface area contributed by atoms with Gasteiger partial charge in [-0.3, -0.25) is 0 Å². The summed E-state index contributed by atoms with van der Waals surface area (Å²) in [6, 6.07) is 63.7. The van der Waals surface area contributed by atoms with Gasteiger partial charge in [-0.15, -0.1) is 11.3 Å². The van der Waals surface area contributed by atoms with Crippen LogP contribution >= 0.6 is 11.3 Å². The Morgan fingerprint density at radius 2 is 0.870 bits per heavy atom. The van der Waals surface area contributed by atoms with E-state index in [2.05, 4.69) is 180 Å². The number of hydrogen-bond donors (Lipinski definition) is 0. The Hall–Kier alpha value is -5.70. The standard InChI is InChI=1S/C44H29NS/c1-4-14-30(15-5-1)31-24-26-33(27-25-31)43-38-21-10-11-22-39(38)44(46-43)41-35(32-16-6-2-7-17-32)28-29-37-36-20-12-13-23-40(36)45(42(37)41)34-18-8-3-9-19-34/h1-29H. The molecule has 46 heavy (non-hydrogen) atoms. The molecule has 2 heteroatoms. The van der Waals surface area contributed by atoms with Gasteiger partial charge in [0.15, 0.2) is 0 Å². The molecule has 1 nitrogen and oxygen atoms in total. The van der Waals surface area contributed by atoms with Gasteiger partial charge >= 0.3 is 0 Å². The molecule has 0 amide bonds. The van der Waals surface area contributed by atoms with E-state index in [4.69, 9.17) is 0 Å². The van der Waals surface area contributed by atoms with Crippen molar-refractivity contribution in [2.24, 2.45) is 0 Å². The topological polar surface area (TPSA) is 4.93 Å². The van der Waals surface area contributed by atoms with E-state index >= 15 is 0 Å². The molecule has 0 spiro atoms. The second-order valence-corrected chi connectivity index (χ2v) is 12.7. The maximum Gasteiger partial charge on any atom is 0.0634 e. The van der Waals surface area contributed by atoms with Crippen molar-refractivity contribution >= 4 is 43.9 Å². The van der Waals surface area contributed by atoms with Crippen LogP contribution in [0.5, 0.6) is 0 Å². The highest BCUT2D eigenvalue weighted by molar-refractivity contribution is 7.21. The average Bonchev–Trinajstić information content (AvgIpc) is 3.69. The average molecular weight is 604 g/mol. The molecule has 0 unspecified atom stereocenters. The van der Waals surface area contributed by atoms with Crippen LogP contribution in [0.3, 0.4) is 0 Å². The van der Waals surface area contributed by atoms with Gasteiger partial charge in [0, 0.05) is 42.6 Å². The van der Waals surface area contributed by atoms with Gasteiger partial charge in [-0.25, -0.2) is 0 Å². The van der Waals surface area contributed by atoms with Crippen LogP contribution in [0.2, 0.25) is 0 Å². The fraction of sp³-hybridized carbons (Fsp3) is 0. The molecule has 0 saturated heterocycles. The zero-order valence-corrected chi connectivity index (χ0v) is 25.9. The Balaban J connectivity index is 1.37. The van der Waals surface area contributed by atoms with E-state index < -0.39 is 0 Å². The molecule has 0 fully saturated rings. The molecule has 0 N–H and O–H groups in total. The molecule has 0 aliphatic carbocycles. The van der Waals surface area contributed by atoms with E-state index in [-0.39, 0.29) is 0 Å². The minimum Gasteiger partial charge on any atom is -0.309 e. The molecule has 9 rings (SSSR count). The van der Waals surface area contributed by atoms with Crippen molar-refractivity contribution in [3.05, 3.63) is 176 Å². The maximum atomic E-state index is 2.47. The first-order chi connectivity index (χ1) is 22.8. The summed E-state index contributed by atoms with van der Waals surface area (Å²) >= 11 is 1.90. The molecule has 2 aromatic heterocycles. The summed E-state index contributed by atoms with van der Waals surface area (Å²) in [6.45, 7) is 0. The maximum absolute atomic E-state index is 2.47. The van der Waals surface area contributed by atoms with Crippen LogP contribution in [-0.4, -0.2) is 4.57 Å². The number of para-hydroxylation sites is 2. The molecular formula is C44H29NS. The number of nitrogens with zero attached hydrogens (tertiary/aromatic N) is 1. The number of thiophene rings is 1. The Morgan fingerprint density at radius 1 is 0.348 bits per heavy atom. The Kier molecular flexibility index (Phi) is 6.40. The van der Waals surface area contributed by atoms with Gasteiger partial charge in [0.1, 0.15) is 0 Å². The Bertz CT molecular complexity index is 2490. The minimum absolute atomic E-state index is 1.16. The highest BCUT2D eigenvalue weighted by Crippen LogP contribution is 2.51. The second kappa shape index (κ2) is 11.0. The number of hydrogen-bond acceptors (Lipinski definition) is 1. The third-order valence-corrected chi connectivity index (χ3v) is 10.3. The number of fused-ring (bicyclic) bond motifs is 4. The number of benzene rings is 7. The SMILES string of the molecule is c1ccc(-c2ccc(-c3sc(-c4c(-c5ccccc5)ccc5c6ccccc6n(-c6ccccc6)c45)c4ccccc34)cc2)cc1. The predicted molar refractivity (Wildman–Crippen MR) is 198 cm³/mol. The van der Waals surface area contributed by atoms with Gasteiger partial charge in [-0.05, 0) is 46.0 Å². The summed E-state index contributed by atoms with van der Waals surface area (Å²) in [7, 11) is 0. The molecule has 0 radical (unpaired) electrons. The van der Waals surface area contributed by atoms with Crippen molar-refractivity contribution in [3.63, 3.8) is 0 Å². The van der Waals surface area contributed by atoms with Crippen molar-refractivity contribution in [2.75, 3.05) is 0 Å². The fourth-order valence-electron chi connectivity index (χ4n) is 6.93. The van der Waals surface area contributed by atoms with Gasteiger partial charge in [-0.1, -0.05) is 158 Å². The molecule has 0 bridgehead atoms. The van der Waals surface area contributed by atoms with Gasteiger partial charge < -0.3 is 4.57 Å². The quantitative estimate of drug-likeness (QED) is 0.184. The second-order valence-electron chi connectivity index (χ2n) is 11.7. The van der Waals surface area contributed by atoms with Gasteiger partial charge in [0.05, 0.1) is 11.0 Å². The lowest BCUT2D eigenvalue weighted by molar-refractivity contribution is 1.18. The van der Waals surface area contributed by atoms with E-state index in [1.807, 2.05) is 11.3 Å². The number of rotatable bonds is 5. The highest BCUT2D eigenvalue weighted by Gasteiger charge is 2.24. The molecule has 216 valence electrons. The van der Waals surface area contributed by atoms with Gasteiger partial charge in [-0.2, -0.15) is 0 Å². The van der Waals surface area contributed by atoms with Crippen LogP contribution in [0.4, 0.5) is 0 Å². The molecule has 2 heterocycles. The van der Waals surface area contributed by atoms with Crippen molar-refractivity contribution < 1.29 is 0 Å². The fourth-order valence-corrected chi connectivity index (χ4v) is 8.27. The van der Waals surface area contributed by atoms with E-state index in [1.54, 1.807) is 0 Å². The first-order valence-corrected chi connectivity index (χ1v) is 16.5. The summed E-state index contributed by atoms with van der Waals surface area (Å²) < 4.78 is 2.47. The smallest absolute Gasteiger partial charge is 0.0634 e. The lowest BCUT2D eigenvalue weighted by atomic mass is 9.94. The van der Waals surface area contributed by atoms with Crippen molar-refractivity contribution in [2.45, 2.75) is 0 Å². The lowest BCUT2D eigenvalue weighted by Gasteiger charge is -2.15. The monoisotopic (exact) mass is 603 g/mol. The molecule has 0 aliphatic heterocycles. The molecule has 0 aliphatic rings. The Labute approximate surface area is 272 Å². The molecular weight excluding hydrogens is 575 g/mol. The van der Waals surface area contributed by atoms with Gasteiger partial charge in [0.2, 0.25) is 0 Å². The van der Waals surface area contributed by atoms with E-state index in [0.29, 0.717) is 0 Å². The van der Waals surface area contributed by atoms with E-state index in [0.717, 1.165) is 5.69 Å². The summed E-state index contributed by atoms with van der Waals surface area (Å²) in [5, 5.41) is 5.10. The summed E-state index contributed by atoms with van der Waals surface area (Å²) in [5.74, 6) is 0. The van der Waals surface area contributed by atoms with Crippen LogP contribution in [0, 0.1) is 0 Å². The van der Waals surface area contributed by atoms with Crippen LogP contribution in [-0.2, 0) is 0 Å². The normalized spacial score (nSPS) is 11.5. The number of aromatic nitrogens is 1. The highest BCUT2D eigenvalue weighted by atomic mass is 32.1. The van der Waals surface area contributed by atoms with Crippen LogP contribution < -0.4 is 0 Å². The molecule has 7 aromatic carbocycles. The van der Waals surface area contributed by atoms with Crippen LogP contribution in [0.1, 0.15) is 0 Å². The van der Waals surface area contributed by atoms with Gasteiger partial charge in [0.25, 0.3) is 0 Å². The van der Waals surface area contributed by atoms with Crippen LogP contribution in [0.25, 0.3) is 81.4 Å².